The maximum absolute atomic E-state index is 12.0. The molecule has 10 heterocycles. The maximum Gasteiger partial charge on any atom is 0.351 e. The molecule has 7 saturated heterocycles. The molecule has 0 aliphatic carbocycles. The summed E-state index contributed by atoms with van der Waals surface area (Å²) < 4.78 is 109. The highest BCUT2D eigenvalue weighted by Crippen LogP contribution is 2.25. The number of anilines is 3. The number of carbonyl (C=O) groups is 7. The highest BCUT2D eigenvalue weighted by molar-refractivity contribution is 6.30. The molecule has 16 rings (SSSR count). The van der Waals surface area contributed by atoms with Crippen LogP contribution in [0.25, 0.3) is 0 Å². The van der Waals surface area contributed by atoms with E-state index in [-0.39, 0.29) is 128 Å². The van der Waals surface area contributed by atoms with Gasteiger partial charge in [0.2, 0.25) is 5.91 Å². The Kier molecular flexibility index (Phi) is 41.6. The minimum absolute atomic E-state index is 0.00733. The maximum atomic E-state index is 12.0. The number of rotatable bonds is 27. The number of esters is 5. The fourth-order valence-corrected chi connectivity index (χ4v) is 12.1. The van der Waals surface area contributed by atoms with Crippen LogP contribution in [-0.4, -0.2) is 264 Å². The monoisotopic (exact) mass is 1880 g/mol. The molecule has 0 saturated carbocycles. The van der Waals surface area contributed by atoms with Crippen molar-refractivity contribution in [1.29, 1.82) is 0 Å². The Hall–Kier alpha value is -12.3. The Labute approximate surface area is 761 Å². The number of hydrogen-bond acceptors (Lipinski definition) is 38. The van der Waals surface area contributed by atoms with Crippen LogP contribution in [0.3, 0.4) is 0 Å². The number of nitrogens with zero attached hydrogens (tertiary/aromatic N) is 6. The SMILES string of the molecule is CC(=O)Nc1ccn(C2COC(COC(=O)c3ccccc3)O2)c(=O)n1.Nc1ccn(C2COC(CO)O2)c(=O)n1.Nc1ccn(C2COC(COC(=O)c3ccccc3)O2)c(=O)n1.O=C(OCC1OCC(C(=O)O)O1)c1ccccc1.O=C(OCC1OCC(CO)O1)c1ccccc1.O=C(OCC1OCC(OCc2cccc(Cl)c2)O1)c1ccccc1.OCC1COC(CCl)O1. The van der Waals surface area contributed by atoms with E-state index in [0.29, 0.717) is 58.5 Å². The van der Waals surface area contributed by atoms with Crippen LogP contribution in [0.2, 0.25) is 5.02 Å². The van der Waals surface area contributed by atoms with Gasteiger partial charge in [-0.15, -0.1) is 11.6 Å². The summed E-state index contributed by atoms with van der Waals surface area (Å²) in [6.45, 7) is 2.60. The van der Waals surface area contributed by atoms with Crippen molar-refractivity contribution >= 4 is 82.4 Å². The van der Waals surface area contributed by atoms with Gasteiger partial charge in [0.1, 0.15) is 69.3 Å². The first-order valence-electron chi connectivity index (χ1n) is 40.4. The van der Waals surface area contributed by atoms with E-state index in [1.165, 1.54) is 57.4 Å². The van der Waals surface area contributed by atoms with Crippen molar-refractivity contribution in [1.82, 2.24) is 28.7 Å². The minimum atomic E-state index is -1.09. The third-order valence-electron chi connectivity index (χ3n) is 18.1. The van der Waals surface area contributed by atoms with Gasteiger partial charge in [-0.25, -0.2) is 43.2 Å². The number of nitrogen functional groups attached to an aromatic ring is 2. The summed E-state index contributed by atoms with van der Waals surface area (Å²) in [6.07, 6.45) is -3.99. The Morgan fingerprint density at radius 1 is 0.409 bits per heavy atom. The molecule has 706 valence electrons. The number of alkyl halides is 1. The molecule has 0 radical (unpaired) electrons. The van der Waals surface area contributed by atoms with Gasteiger partial charge >= 0.3 is 52.9 Å². The van der Waals surface area contributed by atoms with Gasteiger partial charge in [-0.1, -0.05) is 115 Å². The second kappa shape index (κ2) is 53.9. The van der Waals surface area contributed by atoms with Crippen LogP contribution in [0.15, 0.2) is 227 Å². The van der Waals surface area contributed by atoms with Gasteiger partial charge in [0, 0.05) is 30.5 Å². The number of hydrogen-bond donors (Lipinski definition) is 7. The highest BCUT2D eigenvalue weighted by atomic mass is 35.5. The van der Waals surface area contributed by atoms with Crippen molar-refractivity contribution < 1.29 is 149 Å². The lowest BCUT2D eigenvalue weighted by Gasteiger charge is -2.14. The molecule has 43 nitrogen and oxygen atoms in total. The number of carboxylic acids is 1. The molecule has 6 aromatic carbocycles. The quantitative estimate of drug-likeness (QED) is 0.0207. The standard InChI is InChI=1S/C18H17ClO5.C17H17N3O6.C15H15N3O5.C12H12O6.C12H14O5.C8H11N3O4.C5H9ClO3/c19-15-8-4-5-13(9-15)10-21-16-11-22-17(24-16)12-23-18(20)14-6-2-1-3-7-14;1-11(21)18-13-7-8-20(17(23)19-13)14-9-24-15(26-14)10-25-16(22)12-5-3-2-4-6-12;16-11-6-7-18(15(20)17-11)12-8-21-13(23-12)9-22-14(19)10-4-2-1-3-5-10;13-11(14)9-6-16-10(18-9)7-17-12(15)8-4-2-1-3-5-8;13-6-10-7-15-11(17-10)8-16-12(14)9-4-2-1-3-5-9;9-5-1-2-11(8(13)10-5)6-4-14-7(3-12)15-6;6-1-5-8-3-4(2-7)9-5/h1-9,16-17H,10-12H2;2-8,14-15H,9-10H2,1H3,(H,18,19,21,23);1-7,12-13H,8-9H2,(H2,16,17,20);1-5,9-10H,6-7H2,(H,13,14);1-5,10-11,13H,6-8H2;1-2,6-7,12H,3-4H2,(H2,9,10,13);4-5,7H,1-3H2. The molecule has 7 aliphatic heterocycles. The molecule has 9 N–H and O–H groups in total. The zero-order valence-corrected chi connectivity index (χ0v) is 72.0. The summed E-state index contributed by atoms with van der Waals surface area (Å²) in [5.41, 5.74) is 12.4. The summed E-state index contributed by atoms with van der Waals surface area (Å²) in [5, 5.41) is 37.9. The van der Waals surface area contributed by atoms with E-state index in [4.69, 9.17) is 150 Å². The number of aromatic nitrogens is 6. The van der Waals surface area contributed by atoms with Crippen molar-refractivity contribution in [3.63, 3.8) is 0 Å². The molecule has 14 atom stereocenters. The molecule has 3 aromatic heterocycles. The van der Waals surface area contributed by atoms with E-state index in [0.717, 1.165) is 5.56 Å². The Bertz CT molecular complexity index is 5290. The average molecular weight is 1880 g/mol. The third-order valence-corrected chi connectivity index (χ3v) is 18.6. The first-order chi connectivity index (χ1) is 63.9. The van der Waals surface area contributed by atoms with Crippen LogP contribution < -0.4 is 33.9 Å². The molecule has 7 aliphatic rings. The number of halogens is 2. The molecule has 132 heavy (non-hydrogen) atoms. The summed E-state index contributed by atoms with van der Waals surface area (Å²) in [7, 11) is 0. The largest absolute Gasteiger partial charge is 0.479 e. The lowest BCUT2D eigenvalue weighted by Crippen LogP contribution is -2.29. The third kappa shape index (κ3) is 33.8. The second-order valence-corrected chi connectivity index (χ2v) is 28.6. The number of aliphatic carboxylic acids is 1. The number of nitrogens with one attached hydrogen (secondary N) is 1. The number of benzene rings is 6. The molecule has 45 heteroatoms. The van der Waals surface area contributed by atoms with Gasteiger partial charge in [0.05, 0.1) is 99.8 Å². The molecule has 9 aromatic rings. The highest BCUT2D eigenvalue weighted by Gasteiger charge is 2.36. The number of amides is 1. The molecular formula is C87H95Cl2N9O34. The Morgan fingerprint density at radius 2 is 0.758 bits per heavy atom. The van der Waals surface area contributed by atoms with E-state index < -0.39 is 122 Å². The summed E-state index contributed by atoms with van der Waals surface area (Å²) in [6, 6.07) is 55.0. The zero-order valence-electron chi connectivity index (χ0n) is 70.4. The molecular weight excluding hydrogens is 1790 g/mol. The Balaban J connectivity index is 0.000000162. The van der Waals surface area contributed by atoms with Crippen LogP contribution in [0.5, 0.6) is 0 Å². The number of carbonyl (C=O) groups excluding carboxylic acids is 6. The predicted octanol–water partition coefficient (Wildman–Crippen LogP) is 4.79. The first-order valence-corrected chi connectivity index (χ1v) is 41.3. The molecule has 1 amide bonds. The van der Waals surface area contributed by atoms with Gasteiger partial charge < -0.3 is 132 Å². The van der Waals surface area contributed by atoms with Gasteiger partial charge in [0.25, 0.3) is 0 Å². The normalized spacial score (nSPS) is 22.4. The van der Waals surface area contributed by atoms with E-state index >= 15 is 0 Å². The first kappa shape index (κ1) is 102. The summed E-state index contributed by atoms with van der Waals surface area (Å²) >= 11 is 11.3. The van der Waals surface area contributed by atoms with Crippen LogP contribution in [0.1, 0.15) is 83.0 Å². The summed E-state index contributed by atoms with van der Waals surface area (Å²) in [4.78, 5) is 126. The number of nitrogens with two attached hydrogens (primary N) is 2. The lowest BCUT2D eigenvalue weighted by atomic mass is 10.2. The number of aliphatic hydroxyl groups excluding tert-OH is 3. The number of aliphatic hydroxyl groups is 3. The second-order valence-electron chi connectivity index (χ2n) is 27.9. The van der Waals surface area contributed by atoms with Gasteiger partial charge in [-0.05, 0) is 96.6 Å². The van der Waals surface area contributed by atoms with Gasteiger partial charge in [-0.2, -0.15) is 15.0 Å². The minimum Gasteiger partial charge on any atom is -0.479 e. The van der Waals surface area contributed by atoms with Crippen LogP contribution in [0.4, 0.5) is 17.5 Å². The van der Waals surface area contributed by atoms with Crippen LogP contribution in [-0.2, 0) is 111 Å². The van der Waals surface area contributed by atoms with E-state index in [1.54, 1.807) is 140 Å². The van der Waals surface area contributed by atoms with E-state index in [1.807, 2.05) is 36.4 Å². The number of ether oxygens (including phenoxy) is 20. The van der Waals surface area contributed by atoms with Crippen molar-refractivity contribution in [2.45, 2.75) is 101 Å². The average Bonchev–Trinajstić information content (AvgIpc) is 1.69. The smallest absolute Gasteiger partial charge is 0.351 e. The van der Waals surface area contributed by atoms with E-state index in [9.17, 15) is 47.9 Å². The van der Waals surface area contributed by atoms with Gasteiger partial charge in [-0.3, -0.25) is 18.5 Å². The number of carboxylic acid groups (broad SMARTS) is 1. The summed E-state index contributed by atoms with van der Waals surface area (Å²) in [5.74, 6) is -2.90. The van der Waals surface area contributed by atoms with Gasteiger partial charge in [0.15, 0.2) is 75.1 Å². The zero-order chi connectivity index (χ0) is 94.1. The van der Waals surface area contributed by atoms with Crippen molar-refractivity contribution in [3.05, 3.63) is 283 Å². The molecule has 14 unspecified atom stereocenters. The molecule has 7 fully saturated rings. The predicted molar refractivity (Wildman–Crippen MR) is 456 cm³/mol. The van der Waals surface area contributed by atoms with Crippen molar-refractivity contribution in [2.24, 2.45) is 0 Å². The molecule has 0 bridgehead atoms. The topological polar surface area (TPSA) is 554 Å². The fraction of sp³-hybridized carbons (Fsp3) is 0.368. The fourth-order valence-electron chi connectivity index (χ4n) is 11.7. The lowest BCUT2D eigenvalue weighted by molar-refractivity contribution is -0.160. The van der Waals surface area contributed by atoms with Crippen LogP contribution >= 0.6 is 23.2 Å². The van der Waals surface area contributed by atoms with Crippen molar-refractivity contribution in [2.75, 3.05) is 122 Å². The molecule has 0 spiro atoms. The van der Waals surface area contributed by atoms with Crippen LogP contribution in [0, 0.1) is 0 Å². The Morgan fingerprint density at radius 3 is 1.11 bits per heavy atom. The van der Waals surface area contributed by atoms with E-state index in [2.05, 4.69) is 20.3 Å². The van der Waals surface area contributed by atoms with Crippen molar-refractivity contribution in [3.8, 4) is 0 Å².